The van der Waals surface area contributed by atoms with E-state index in [1.54, 1.807) is 0 Å². The standard InChI is InChI=1S/C19H26Cl2N4O/c1-14(2)19-12-16(26-23-19)13-22-5-6-24-7-9-25(10-8-24)15-3-4-17(20)18(21)11-15/h3-4,11-12,14,22H,5-10,13H2,1-2H3. The fourth-order valence-corrected chi connectivity index (χ4v) is 3.34. The molecular weight excluding hydrogens is 371 g/mol. The SMILES string of the molecule is CC(C)c1cc(CNCCN2CCN(c3ccc(Cl)c(Cl)c3)CC2)on1. The van der Waals surface area contributed by atoms with Gasteiger partial charge in [-0.1, -0.05) is 42.2 Å². The summed E-state index contributed by atoms with van der Waals surface area (Å²) in [5.41, 5.74) is 2.16. The van der Waals surface area contributed by atoms with E-state index < -0.39 is 0 Å². The van der Waals surface area contributed by atoms with Gasteiger partial charge >= 0.3 is 0 Å². The Balaban J connectivity index is 1.36. The second kappa shape index (κ2) is 9.09. The fourth-order valence-electron chi connectivity index (χ4n) is 3.04. The smallest absolute Gasteiger partial charge is 0.150 e. The van der Waals surface area contributed by atoms with Gasteiger partial charge in [-0.25, -0.2) is 0 Å². The third kappa shape index (κ3) is 5.13. The van der Waals surface area contributed by atoms with Crippen LogP contribution in [0.2, 0.25) is 10.0 Å². The van der Waals surface area contributed by atoms with Crippen LogP contribution >= 0.6 is 23.2 Å². The van der Waals surface area contributed by atoms with E-state index in [-0.39, 0.29) is 0 Å². The quantitative estimate of drug-likeness (QED) is 0.715. The van der Waals surface area contributed by atoms with Gasteiger partial charge in [0.1, 0.15) is 0 Å². The molecule has 7 heteroatoms. The Kier molecular flexibility index (Phi) is 6.81. The highest BCUT2D eigenvalue weighted by Gasteiger charge is 2.17. The minimum Gasteiger partial charge on any atom is -0.369 e. The maximum absolute atomic E-state index is 6.13. The largest absolute Gasteiger partial charge is 0.369 e. The average molecular weight is 397 g/mol. The van der Waals surface area contributed by atoms with E-state index in [4.69, 9.17) is 27.7 Å². The summed E-state index contributed by atoms with van der Waals surface area (Å²) in [6.07, 6.45) is 0. The first kappa shape index (κ1) is 19.5. The Hall–Kier alpha value is -1.27. The lowest BCUT2D eigenvalue weighted by Crippen LogP contribution is -2.48. The number of piperazine rings is 1. The first-order valence-electron chi connectivity index (χ1n) is 9.11. The van der Waals surface area contributed by atoms with Gasteiger partial charge in [0.2, 0.25) is 0 Å². The maximum Gasteiger partial charge on any atom is 0.150 e. The first-order valence-corrected chi connectivity index (χ1v) is 9.87. The zero-order chi connectivity index (χ0) is 18.5. The topological polar surface area (TPSA) is 44.5 Å². The number of benzene rings is 1. The summed E-state index contributed by atoms with van der Waals surface area (Å²) >= 11 is 12.1. The number of halogens is 2. The number of hydrogen-bond acceptors (Lipinski definition) is 5. The average Bonchev–Trinajstić information content (AvgIpc) is 3.11. The molecule has 0 aliphatic carbocycles. The second-order valence-electron chi connectivity index (χ2n) is 6.98. The summed E-state index contributed by atoms with van der Waals surface area (Å²) in [5, 5.41) is 8.74. The molecule has 26 heavy (non-hydrogen) atoms. The van der Waals surface area contributed by atoms with E-state index >= 15 is 0 Å². The molecule has 1 aliphatic rings. The molecule has 1 aliphatic heterocycles. The van der Waals surface area contributed by atoms with Gasteiger partial charge in [-0.05, 0) is 24.1 Å². The molecule has 1 fully saturated rings. The van der Waals surface area contributed by atoms with Crippen LogP contribution in [0.1, 0.15) is 31.2 Å². The van der Waals surface area contributed by atoms with Crippen LogP contribution in [-0.4, -0.2) is 49.3 Å². The second-order valence-corrected chi connectivity index (χ2v) is 7.79. The van der Waals surface area contributed by atoms with Crippen LogP contribution in [-0.2, 0) is 6.54 Å². The Morgan fingerprint density at radius 1 is 1.12 bits per heavy atom. The molecule has 0 radical (unpaired) electrons. The molecule has 2 heterocycles. The predicted molar refractivity (Wildman–Crippen MR) is 107 cm³/mol. The van der Waals surface area contributed by atoms with Crippen molar-refractivity contribution < 1.29 is 4.52 Å². The molecule has 0 unspecified atom stereocenters. The number of rotatable bonds is 7. The van der Waals surface area contributed by atoms with E-state index in [1.165, 1.54) is 0 Å². The third-order valence-corrected chi connectivity index (χ3v) is 5.45. The number of hydrogen-bond donors (Lipinski definition) is 1. The molecule has 5 nitrogen and oxygen atoms in total. The fraction of sp³-hybridized carbons (Fsp3) is 0.526. The van der Waals surface area contributed by atoms with Crippen LogP contribution in [0, 0.1) is 0 Å². The molecule has 0 atom stereocenters. The van der Waals surface area contributed by atoms with Gasteiger partial charge in [-0.2, -0.15) is 0 Å². The Labute approximate surface area is 165 Å². The van der Waals surface area contributed by atoms with Gasteiger partial charge in [0.15, 0.2) is 5.76 Å². The van der Waals surface area contributed by atoms with Gasteiger partial charge < -0.3 is 14.7 Å². The predicted octanol–water partition coefficient (Wildman–Crippen LogP) is 4.02. The van der Waals surface area contributed by atoms with Crippen molar-refractivity contribution in [3.05, 3.63) is 45.8 Å². The van der Waals surface area contributed by atoms with Crippen LogP contribution < -0.4 is 10.2 Å². The highest BCUT2D eigenvalue weighted by Crippen LogP contribution is 2.27. The molecule has 3 rings (SSSR count). The molecule has 1 N–H and O–H groups in total. The molecule has 0 amide bonds. The molecule has 1 aromatic heterocycles. The minimum atomic E-state index is 0.402. The molecule has 2 aromatic rings. The Morgan fingerprint density at radius 3 is 2.54 bits per heavy atom. The van der Waals surface area contributed by atoms with Gasteiger partial charge in [0.25, 0.3) is 0 Å². The van der Waals surface area contributed by atoms with Crippen molar-refractivity contribution in [3.8, 4) is 0 Å². The summed E-state index contributed by atoms with van der Waals surface area (Å²) in [6, 6.07) is 7.88. The van der Waals surface area contributed by atoms with Gasteiger partial charge in [0, 0.05) is 51.0 Å². The Bertz CT molecular complexity index is 711. The molecule has 1 saturated heterocycles. The lowest BCUT2D eigenvalue weighted by Gasteiger charge is -2.36. The maximum atomic E-state index is 6.13. The zero-order valence-electron chi connectivity index (χ0n) is 15.3. The van der Waals surface area contributed by atoms with E-state index in [0.29, 0.717) is 16.0 Å². The van der Waals surface area contributed by atoms with Crippen molar-refractivity contribution in [2.75, 3.05) is 44.2 Å². The van der Waals surface area contributed by atoms with Crippen molar-refractivity contribution in [1.29, 1.82) is 0 Å². The van der Waals surface area contributed by atoms with E-state index in [2.05, 4.69) is 34.1 Å². The van der Waals surface area contributed by atoms with Gasteiger partial charge in [-0.3, -0.25) is 4.90 Å². The number of nitrogens with one attached hydrogen (secondary N) is 1. The van der Waals surface area contributed by atoms with E-state index in [1.807, 2.05) is 24.3 Å². The highest BCUT2D eigenvalue weighted by molar-refractivity contribution is 6.42. The van der Waals surface area contributed by atoms with Crippen LogP contribution in [0.15, 0.2) is 28.8 Å². The summed E-state index contributed by atoms with van der Waals surface area (Å²) in [4.78, 5) is 4.83. The monoisotopic (exact) mass is 396 g/mol. The summed E-state index contributed by atoms with van der Waals surface area (Å²) < 4.78 is 5.35. The van der Waals surface area contributed by atoms with Gasteiger partial charge in [-0.15, -0.1) is 0 Å². The van der Waals surface area contributed by atoms with Crippen LogP contribution in [0.3, 0.4) is 0 Å². The van der Waals surface area contributed by atoms with Crippen molar-refractivity contribution in [2.45, 2.75) is 26.3 Å². The lowest BCUT2D eigenvalue weighted by molar-refractivity contribution is 0.255. The lowest BCUT2D eigenvalue weighted by atomic mass is 10.1. The molecule has 142 valence electrons. The van der Waals surface area contributed by atoms with Crippen molar-refractivity contribution in [2.24, 2.45) is 0 Å². The number of aromatic nitrogens is 1. The van der Waals surface area contributed by atoms with Crippen molar-refractivity contribution in [1.82, 2.24) is 15.4 Å². The van der Waals surface area contributed by atoms with Gasteiger partial charge in [0.05, 0.1) is 22.3 Å². The summed E-state index contributed by atoms with van der Waals surface area (Å²) in [5.74, 6) is 1.30. The number of anilines is 1. The first-order chi connectivity index (χ1) is 12.5. The molecule has 0 spiro atoms. The molecule has 0 bridgehead atoms. The van der Waals surface area contributed by atoms with Crippen LogP contribution in [0.5, 0.6) is 0 Å². The molecule has 0 saturated carbocycles. The Morgan fingerprint density at radius 2 is 1.88 bits per heavy atom. The zero-order valence-corrected chi connectivity index (χ0v) is 16.9. The minimum absolute atomic E-state index is 0.402. The highest BCUT2D eigenvalue weighted by atomic mass is 35.5. The van der Waals surface area contributed by atoms with Crippen LogP contribution in [0.25, 0.3) is 0 Å². The normalized spacial score (nSPS) is 15.8. The van der Waals surface area contributed by atoms with E-state index in [0.717, 1.165) is 63.0 Å². The third-order valence-electron chi connectivity index (χ3n) is 4.71. The van der Waals surface area contributed by atoms with Crippen molar-refractivity contribution >= 4 is 28.9 Å². The molecule has 1 aromatic carbocycles. The number of nitrogens with zero attached hydrogens (tertiary/aromatic N) is 3. The summed E-state index contributed by atoms with van der Waals surface area (Å²) in [7, 11) is 0. The molecular formula is C19H26Cl2N4O. The van der Waals surface area contributed by atoms with E-state index in [9.17, 15) is 0 Å². The van der Waals surface area contributed by atoms with Crippen LogP contribution in [0.4, 0.5) is 5.69 Å². The summed E-state index contributed by atoms with van der Waals surface area (Å²) in [6.45, 7) is 11.0. The van der Waals surface area contributed by atoms with Crippen molar-refractivity contribution in [3.63, 3.8) is 0 Å².